The summed E-state index contributed by atoms with van der Waals surface area (Å²) in [4.78, 5) is 2.42. The molecule has 0 saturated carbocycles. The Kier molecular flexibility index (Phi) is 4.70. The molecule has 0 saturated heterocycles. The van der Waals surface area contributed by atoms with Crippen molar-refractivity contribution in [3.05, 3.63) is 23.3 Å². The molecule has 1 atom stereocenters. The quantitative estimate of drug-likeness (QED) is 0.856. The summed E-state index contributed by atoms with van der Waals surface area (Å²) in [5.74, 6) is 0.621. The summed E-state index contributed by atoms with van der Waals surface area (Å²) in [6.07, 6.45) is 2.29. The molecule has 0 spiro atoms. The van der Waals surface area contributed by atoms with Gasteiger partial charge in [-0.2, -0.15) is 0 Å². The number of hydrogen-bond donors (Lipinski definition) is 2. The standard InChI is InChI=1S/C16H27N3/c1-4-19(5-2)14-10-12(3)16-15(11-14)13(6-8-17)7-9-18-16/h10-11,13,18H,4-9,17H2,1-3H3. The normalized spacial score (nSPS) is 17.8. The first-order chi connectivity index (χ1) is 9.21. The third-order valence-electron chi connectivity index (χ3n) is 4.23. The number of nitrogens with zero attached hydrogens (tertiary/aromatic N) is 1. The van der Waals surface area contributed by atoms with E-state index in [2.05, 4.69) is 43.1 Å². The molecule has 106 valence electrons. The Bertz CT molecular complexity index is 424. The molecule has 0 bridgehead atoms. The molecule has 0 fully saturated rings. The molecule has 1 heterocycles. The summed E-state index contributed by atoms with van der Waals surface area (Å²) in [6.45, 7) is 10.6. The van der Waals surface area contributed by atoms with Gasteiger partial charge in [-0.3, -0.25) is 0 Å². The van der Waals surface area contributed by atoms with Gasteiger partial charge in [0.05, 0.1) is 0 Å². The van der Waals surface area contributed by atoms with Crippen molar-refractivity contribution in [3.8, 4) is 0 Å². The number of aryl methyl sites for hydroxylation is 1. The molecule has 3 heteroatoms. The van der Waals surface area contributed by atoms with E-state index in [0.717, 1.165) is 32.6 Å². The Morgan fingerprint density at radius 2 is 2.05 bits per heavy atom. The fourth-order valence-corrected chi connectivity index (χ4v) is 3.16. The number of benzene rings is 1. The van der Waals surface area contributed by atoms with Crippen LogP contribution in [-0.4, -0.2) is 26.2 Å². The first kappa shape index (κ1) is 14.2. The maximum atomic E-state index is 5.77. The second kappa shape index (κ2) is 6.29. The topological polar surface area (TPSA) is 41.3 Å². The van der Waals surface area contributed by atoms with Gasteiger partial charge < -0.3 is 16.0 Å². The summed E-state index contributed by atoms with van der Waals surface area (Å²) in [7, 11) is 0. The minimum atomic E-state index is 0.621. The summed E-state index contributed by atoms with van der Waals surface area (Å²) in [5.41, 5.74) is 11.3. The first-order valence-electron chi connectivity index (χ1n) is 7.54. The van der Waals surface area contributed by atoms with E-state index in [1.807, 2.05) is 0 Å². The van der Waals surface area contributed by atoms with Crippen molar-refractivity contribution in [2.75, 3.05) is 36.4 Å². The van der Waals surface area contributed by atoms with Crippen LogP contribution in [0.5, 0.6) is 0 Å². The number of nitrogens with one attached hydrogen (secondary N) is 1. The van der Waals surface area contributed by atoms with Crippen LogP contribution >= 0.6 is 0 Å². The molecule has 0 radical (unpaired) electrons. The molecule has 1 aromatic rings. The number of rotatable bonds is 5. The zero-order chi connectivity index (χ0) is 13.8. The predicted molar refractivity (Wildman–Crippen MR) is 84.3 cm³/mol. The van der Waals surface area contributed by atoms with Gasteiger partial charge in [-0.05, 0) is 69.3 Å². The van der Waals surface area contributed by atoms with Gasteiger partial charge in [-0.1, -0.05) is 0 Å². The Hall–Kier alpha value is -1.22. The van der Waals surface area contributed by atoms with Crippen molar-refractivity contribution in [1.29, 1.82) is 0 Å². The van der Waals surface area contributed by atoms with Crippen LogP contribution in [0.2, 0.25) is 0 Å². The van der Waals surface area contributed by atoms with E-state index in [4.69, 9.17) is 5.73 Å². The summed E-state index contributed by atoms with van der Waals surface area (Å²) in [5, 5.41) is 3.56. The average molecular weight is 261 g/mol. The van der Waals surface area contributed by atoms with Crippen molar-refractivity contribution in [2.45, 2.75) is 39.5 Å². The Morgan fingerprint density at radius 1 is 1.32 bits per heavy atom. The van der Waals surface area contributed by atoms with Crippen LogP contribution in [0.4, 0.5) is 11.4 Å². The van der Waals surface area contributed by atoms with Gasteiger partial charge in [-0.25, -0.2) is 0 Å². The van der Waals surface area contributed by atoms with Crippen LogP contribution in [0.1, 0.15) is 43.7 Å². The maximum absolute atomic E-state index is 5.77. The van der Waals surface area contributed by atoms with Crippen molar-refractivity contribution >= 4 is 11.4 Å². The number of hydrogen-bond acceptors (Lipinski definition) is 3. The highest BCUT2D eigenvalue weighted by atomic mass is 15.1. The van der Waals surface area contributed by atoms with Gasteiger partial charge in [0.2, 0.25) is 0 Å². The van der Waals surface area contributed by atoms with Crippen molar-refractivity contribution in [2.24, 2.45) is 5.73 Å². The van der Waals surface area contributed by atoms with Crippen molar-refractivity contribution < 1.29 is 0 Å². The molecular formula is C16H27N3. The van der Waals surface area contributed by atoms with Crippen LogP contribution in [0.15, 0.2) is 12.1 Å². The van der Waals surface area contributed by atoms with Gasteiger partial charge in [-0.15, -0.1) is 0 Å². The number of nitrogens with two attached hydrogens (primary N) is 1. The lowest BCUT2D eigenvalue weighted by Crippen LogP contribution is -2.24. The SMILES string of the molecule is CCN(CC)c1cc(C)c2c(c1)C(CCN)CCN2. The molecular weight excluding hydrogens is 234 g/mol. The number of anilines is 2. The van der Waals surface area contributed by atoms with Crippen LogP contribution in [0.3, 0.4) is 0 Å². The summed E-state index contributed by atoms with van der Waals surface area (Å²) < 4.78 is 0. The van der Waals surface area contributed by atoms with E-state index in [0.29, 0.717) is 5.92 Å². The van der Waals surface area contributed by atoms with Gasteiger partial charge >= 0.3 is 0 Å². The van der Waals surface area contributed by atoms with E-state index in [-0.39, 0.29) is 0 Å². The van der Waals surface area contributed by atoms with Gasteiger partial charge in [0.1, 0.15) is 0 Å². The van der Waals surface area contributed by atoms with E-state index >= 15 is 0 Å². The Labute approximate surface area is 117 Å². The molecule has 19 heavy (non-hydrogen) atoms. The fraction of sp³-hybridized carbons (Fsp3) is 0.625. The van der Waals surface area contributed by atoms with E-state index in [9.17, 15) is 0 Å². The van der Waals surface area contributed by atoms with Gasteiger partial charge in [0.25, 0.3) is 0 Å². The molecule has 0 amide bonds. The third kappa shape index (κ3) is 2.86. The molecule has 0 aromatic heterocycles. The smallest absolute Gasteiger partial charge is 0.0406 e. The monoisotopic (exact) mass is 261 g/mol. The molecule has 2 rings (SSSR count). The lowest BCUT2D eigenvalue weighted by atomic mass is 9.86. The highest BCUT2D eigenvalue weighted by molar-refractivity contribution is 5.67. The molecule has 1 aliphatic rings. The van der Waals surface area contributed by atoms with Crippen LogP contribution in [0, 0.1) is 6.92 Å². The van der Waals surface area contributed by atoms with Crippen LogP contribution < -0.4 is 16.0 Å². The highest BCUT2D eigenvalue weighted by Crippen LogP contribution is 2.38. The average Bonchev–Trinajstić information content (AvgIpc) is 2.41. The van der Waals surface area contributed by atoms with Crippen molar-refractivity contribution in [1.82, 2.24) is 0 Å². The molecule has 1 aliphatic heterocycles. The van der Waals surface area contributed by atoms with E-state index < -0.39 is 0 Å². The fourth-order valence-electron chi connectivity index (χ4n) is 3.16. The zero-order valence-corrected chi connectivity index (χ0v) is 12.5. The first-order valence-corrected chi connectivity index (χ1v) is 7.54. The molecule has 3 nitrogen and oxygen atoms in total. The van der Waals surface area contributed by atoms with Crippen molar-refractivity contribution in [3.63, 3.8) is 0 Å². The van der Waals surface area contributed by atoms with Gasteiger partial charge in [0, 0.05) is 31.0 Å². The summed E-state index contributed by atoms with van der Waals surface area (Å²) in [6, 6.07) is 4.69. The minimum Gasteiger partial charge on any atom is -0.385 e. The minimum absolute atomic E-state index is 0.621. The summed E-state index contributed by atoms with van der Waals surface area (Å²) >= 11 is 0. The molecule has 3 N–H and O–H groups in total. The second-order valence-corrected chi connectivity index (χ2v) is 5.39. The molecule has 0 aliphatic carbocycles. The predicted octanol–water partition coefficient (Wildman–Crippen LogP) is 3.09. The van der Waals surface area contributed by atoms with Crippen LogP contribution in [0.25, 0.3) is 0 Å². The third-order valence-corrected chi connectivity index (χ3v) is 4.23. The lowest BCUT2D eigenvalue weighted by Gasteiger charge is -2.31. The highest BCUT2D eigenvalue weighted by Gasteiger charge is 2.22. The maximum Gasteiger partial charge on any atom is 0.0406 e. The second-order valence-electron chi connectivity index (χ2n) is 5.39. The Morgan fingerprint density at radius 3 is 2.68 bits per heavy atom. The largest absolute Gasteiger partial charge is 0.385 e. The molecule has 1 aromatic carbocycles. The number of fused-ring (bicyclic) bond motifs is 1. The molecule has 1 unspecified atom stereocenters. The van der Waals surface area contributed by atoms with Crippen LogP contribution in [-0.2, 0) is 0 Å². The van der Waals surface area contributed by atoms with E-state index in [1.54, 1.807) is 0 Å². The lowest BCUT2D eigenvalue weighted by molar-refractivity contribution is 0.585. The van der Waals surface area contributed by atoms with Gasteiger partial charge in [0.15, 0.2) is 0 Å². The zero-order valence-electron chi connectivity index (χ0n) is 12.5. The Balaban J connectivity index is 2.41. The van der Waals surface area contributed by atoms with E-state index in [1.165, 1.54) is 28.9 Å².